The zero-order chi connectivity index (χ0) is 19.4. The van der Waals surface area contributed by atoms with E-state index in [4.69, 9.17) is 4.74 Å². The van der Waals surface area contributed by atoms with Gasteiger partial charge in [0, 0.05) is 5.92 Å². The maximum Gasteiger partial charge on any atom is 0.338 e. The van der Waals surface area contributed by atoms with Crippen molar-refractivity contribution in [2.45, 2.75) is 24.3 Å². The van der Waals surface area contributed by atoms with Gasteiger partial charge in [-0.25, -0.2) is 9.59 Å². The van der Waals surface area contributed by atoms with Crippen molar-refractivity contribution < 1.29 is 19.4 Å². The molecule has 0 radical (unpaired) electrons. The predicted octanol–water partition coefficient (Wildman–Crippen LogP) is 3.35. The first-order valence-electron chi connectivity index (χ1n) is 8.94. The Bertz CT molecular complexity index is 831. The molecule has 1 unspecified atom stereocenters. The van der Waals surface area contributed by atoms with Gasteiger partial charge in [-0.3, -0.25) is 5.32 Å². The summed E-state index contributed by atoms with van der Waals surface area (Å²) in [5.41, 5.74) is 2.65. The van der Waals surface area contributed by atoms with Crippen LogP contribution in [0.1, 0.15) is 29.9 Å². The van der Waals surface area contributed by atoms with Gasteiger partial charge in [-0.1, -0.05) is 54.6 Å². The third-order valence-corrected chi connectivity index (χ3v) is 5.21. The van der Waals surface area contributed by atoms with Crippen molar-refractivity contribution >= 4 is 11.9 Å². The number of likely N-dealkylation sites (N-methyl/N-ethyl adjacent to an activating group) is 1. The summed E-state index contributed by atoms with van der Waals surface area (Å²) in [4.78, 5) is 24.5. The first kappa shape index (κ1) is 18.9. The second-order valence-electron chi connectivity index (χ2n) is 6.61. The zero-order valence-corrected chi connectivity index (χ0v) is 15.3. The van der Waals surface area contributed by atoms with Crippen LogP contribution in [0.2, 0.25) is 0 Å². The fraction of sp³-hybridized carbons (Fsp3) is 0.273. The van der Waals surface area contributed by atoms with Gasteiger partial charge in [0.15, 0.2) is 0 Å². The minimum Gasteiger partial charge on any atom is -0.479 e. The molecule has 0 amide bonds. The number of allylic oxidation sites excluding steroid dienone is 1. The summed E-state index contributed by atoms with van der Waals surface area (Å²) in [6, 6.07) is 16.0. The van der Waals surface area contributed by atoms with Crippen LogP contribution in [0.15, 0.2) is 61.2 Å². The van der Waals surface area contributed by atoms with Crippen molar-refractivity contribution in [3.8, 4) is 11.1 Å². The average Bonchev–Trinajstić information content (AvgIpc) is 3.01. The molecule has 0 heterocycles. The van der Waals surface area contributed by atoms with E-state index in [0.29, 0.717) is 6.42 Å². The number of ether oxygens (including phenoxy) is 1. The van der Waals surface area contributed by atoms with Crippen LogP contribution in [0, 0.1) is 0 Å². The average molecular weight is 365 g/mol. The topological polar surface area (TPSA) is 75.6 Å². The number of hydrogen-bond acceptors (Lipinski definition) is 4. The van der Waals surface area contributed by atoms with Crippen molar-refractivity contribution in [2.75, 3.05) is 13.7 Å². The molecule has 0 fully saturated rings. The summed E-state index contributed by atoms with van der Waals surface area (Å²) in [5, 5.41) is 12.3. The van der Waals surface area contributed by atoms with E-state index in [1.54, 1.807) is 6.08 Å². The van der Waals surface area contributed by atoms with Crippen molar-refractivity contribution in [1.29, 1.82) is 0 Å². The number of benzene rings is 2. The summed E-state index contributed by atoms with van der Waals surface area (Å²) in [6.45, 7) is 3.70. The molecule has 0 spiro atoms. The number of hydrogen-bond donors (Lipinski definition) is 2. The molecule has 2 aromatic carbocycles. The molecule has 0 bridgehead atoms. The van der Waals surface area contributed by atoms with E-state index in [-0.39, 0.29) is 18.9 Å². The summed E-state index contributed by atoms with van der Waals surface area (Å²) < 4.78 is 5.54. The van der Waals surface area contributed by atoms with E-state index in [1.807, 2.05) is 36.4 Å². The number of fused-ring (bicyclic) bond motifs is 3. The van der Waals surface area contributed by atoms with Crippen LogP contribution in [0.4, 0.5) is 0 Å². The highest BCUT2D eigenvalue weighted by atomic mass is 16.5. The molecular weight excluding hydrogens is 342 g/mol. The number of aliphatic carboxylic acids is 1. The van der Waals surface area contributed by atoms with E-state index in [0.717, 1.165) is 22.3 Å². The molecule has 140 valence electrons. The molecule has 5 heteroatoms. The largest absolute Gasteiger partial charge is 0.479 e. The fourth-order valence-corrected chi connectivity index (χ4v) is 3.67. The molecule has 5 nitrogen and oxygen atoms in total. The van der Waals surface area contributed by atoms with Crippen LogP contribution >= 0.6 is 0 Å². The monoisotopic (exact) mass is 365 g/mol. The highest BCUT2D eigenvalue weighted by molar-refractivity contribution is 6.04. The van der Waals surface area contributed by atoms with Gasteiger partial charge >= 0.3 is 11.9 Å². The molecule has 1 aliphatic rings. The van der Waals surface area contributed by atoms with Crippen LogP contribution in [0.25, 0.3) is 11.1 Å². The van der Waals surface area contributed by atoms with Crippen LogP contribution in [0.5, 0.6) is 0 Å². The van der Waals surface area contributed by atoms with Gasteiger partial charge in [0.05, 0.1) is 0 Å². The Morgan fingerprint density at radius 2 is 1.70 bits per heavy atom. The highest BCUT2D eigenvalue weighted by Gasteiger charge is 2.46. The maximum atomic E-state index is 12.7. The predicted molar refractivity (Wildman–Crippen MR) is 104 cm³/mol. The Kier molecular flexibility index (Phi) is 5.42. The van der Waals surface area contributed by atoms with Gasteiger partial charge in [-0.2, -0.15) is 0 Å². The Morgan fingerprint density at radius 1 is 1.15 bits per heavy atom. The van der Waals surface area contributed by atoms with Gasteiger partial charge in [0.2, 0.25) is 5.54 Å². The van der Waals surface area contributed by atoms with Crippen LogP contribution in [0.3, 0.4) is 0 Å². The van der Waals surface area contributed by atoms with Crippen molar-refractivity contribution in [3.05, 3.63) is 72.3 Å². The lowest BCUT2D eigenvalue weighted by Crippen LogP contribution is -2.57. The van der Waals surface area contributed by atoms with Gasteiger partial charge in [0.1, 0.15) is 6.61 Å². The highest BCUT2D eigenvalue weighted by Crippen LogP contribution is 2.44. The van der Waals surface area contributed by atoms with Gasteiger partial charge in [-0.05, 0) is 42.1 Å². The van der Waals surface area contributed by atoms with E-state index >= 15 is 0 Å². The van der Waals surface area contributed by atoms with Gasteiger partial charge in [-0.15, -0.1) is 6.58 Å². The number of carboxylic acids is 1. The summed E-state index contributed by atoms with van der Waals surface area (Å²) in [5.74, 6) is -2.13. The molecule has 1 atom stereocenters. The Balaban J connectivity index is 1.84. The van der Waals surface area contributed by atoms with Crippen molar-refractivity contribution in [1.82, 2.24) is 5.32 Å². The smallest absolute Gasteiger partial charge is 0.338 e. The van der Waals surface area contributed by atoms with Crippen LogP contribution in [-0.2, 0) is 14.3 Å². The fourth-order valence-electron chi connectivity index (χ4n) is 3.67. The van der Waals surface area contributed by atoms with Crippen LogP contribution < -0.4 is 5.32 Å². The first-order valence-corrected chi connectivity index (χ1v) is 8.94. The molecule has 2 N–H and O–H groups in total. The number of carbonyl (C=O) groups is 2. The molecule has 1 aliphatic carbocycles. The molecule has 27 heavy (non-hydrogen) atoms. The molecule has 0 saturated heterocycles. The number of carboxylic acid groups (broad SMARTS) is 1. The molecule has 0 saturated carbocycles. The SMILES string of the molecule is C=CCCC(NC)(C(=O)O)C(=O)OCC1c2ccccc2-c2ccccc21. The van der Waals surface area contributed by atoms with E-state index in [1.165, 1.54) is 7.05 Å². The summed E-state index contributed by atoms with van der Waals surface area (Å²) in [6.07, 6.45) is 2.06. The maximum absolute atomic E-state index is 12.7. The standard InChI is InChI=1S/C22H23NO4/c1-3-4-13-22(23-2,20(24)25)21(26)27-14-19-17-11-7-5-9-15(17)16-10-6-8-12-18(16)19/h3,5-12,19,23H,1,4,13-14H2,2H3,(H,24,25). The number of rotatable bonds is 8. The minimum atomic E-state index is -1.77. The third kappa shape index (κ3) is 3.26. The van der Waals surface area contributed by atoms with Gasteiger partial charge in [0.25, 0.3) is 0 Å². The molecule has 2 aromatic rings. The minimum absolute atomic E-state index is 0.0823. The van der Waals surface area contributed by atoms with E-state index < -0.39 is 17.5 Å². The molecule has 3 rings (SSSR count). The quantitative estimate of drug-likeness (QED) is 0.426. The lowest BCUT2D eigenvalue weighted by molar-refractivity contribution is -0.163. The van der Waals surface area contributed by atoms with E-state index in [2.05, 4.69) is 24.0 Å². The van der Waals surface area contributed by atoms with E-state index in [9.17, 15) is 14.7 Å². The second kappa shape index (κ2) is 7.76. The first-order chi connectivity index (χ1) is 13.0. The van der Waals surface area contributed by atoms with Crippen molar-refractivity contribution in [2.24, 2.45) is 0 Å². The summed E-state index contributed by atoms with van der Waals surface area (Å²) >= 11 is 0. The molecular formula is C22H23NO4. The Hall–Kier alpha value is -2.92. The lowest BCUT2D eigenvalue weighted by atomic mass is 9.93. The zero-order valence-electron chi connectivity index (χ0n) is 15.3. The Morgan fingerprint density at radius 3 is 2.19 bits per heavy atom. The Labute approximate surface area is 158 Å². The number of esters is 1. The van der Waals surface area contributed by atoms with Gasteiger partial charge < -0.3 is 9.84 Å². The van der Waals surface area contributed by atoms with Crippen molar-refractivity contribution in [3.63, 3.8) is 0 Å². The number of carbonyl (C=O) groups excluding carboxylic acids is 1. The lowest BCUT2D eigenvalue weighted by Gasteiger charge is -2.27. The molecule has 0 aliphatic heterocycles. The third-order valence-electron chi connectivity index (χ3n) is 5.21. The second-order valence-corrected chi connectivity index (χ2v) is 6.61. The summed E-state index contributed by atoms with van der Waals surface area (Å²) in [7, 11) is 1.46. The van der Waals surface area contributed by atoms with Crippen LogP contribution in [-0.4, -0.2) is 36.2 Å². The number of nitrogens with one attached hydrogen (secondary N) is 1. The molecule has 0 aromatic heterocycles. The normalized spacial score (nSPS) is 14.7.